The molecule has 11 heteroatoms. The van der Waals surface area contributed by atoms with Crippen molar-refractivity contribution >= 4 is 23.3 Å². The number of likely N-dealkylation sites (N-methyl/N-ethyl adjacent to an activating group) is 1. The molecule has 220 valence electrons. The number of ether oxygens (including phenoxy) is 2. The molecule has 4 rings (SSSR count). The molecule has 1 aliphatic heterocycles. The number of carbonyl (C=O) groups excluding carboxylic acids is 2. The van der Waals surface area contributed by atoms with Gasteiger partial charge in [0.15, 0.2) is 11.5 Å². The number of aliphatic hydroxyl groups excluding tert-OH is 1. The molecule has 1 aliphatic rings. The Kier molecular flexibility index (Phi) is 9.51. The lowest BCUT2D eigenvalue weighted by atomic mass is 9.99. The van der Waals surface area contributed by atoms with Gasteiger partial charge in [-0.05, 0) is 57.6 Å². The van der Waals surface area contributed by atoms with Gasteiger partial charge in [0.2, 0.25) is 0 Å². The minimum Gasteiger partial charge on any atom is -0.497 e. The summed E-state index contributed by atoms with van der Waals surface area (Å²) in [4.78, 5) is 30.5. The number of aryl methyl sites for hydroxylation is 2. The molecule has 3 N–H and O–H groups in total. The first-order valence-electron chi connectivity index (χ1n) is 13.6. The van der Waals surface area contributed by atoms with Gasteiger partial charge in [0.05, 0.1) is 31.0 Å². The summed E-state index contributed by atoms with van der Waals surface area (Å²) in [5, 5.41) is 19.4. The maximum absolute atomic E-state index is 13.7. The van der Waals surface area contributed by atoms with Gasteiger partial charge in [-0.3, -0.25) is 9.69 Å². The predicted octanol–water partition coefficient (Wildman–Crippen LogP) is 4.30. The largest absolute Gasteiger partial charge is 0.497 e. The zero-order valence-corrected chi connectivity index (χ0v) is 24.4. The number of hydrogen-bond donors (Lipinski definition) is 3. The lowest BCUT2D eigenvalue weighted by Gasteiger charge is -2.38. The monoisotopic (exact) mass is 565 g/mol. The zero-order chi connectivity index (χ0) is 29.7. The smallest absolute Gasteiger partial charge is 0.323 e. The number of aliphatic hydroxyl groups is 1. The summed E-state index contributed by atoms with van der Waals surface area (Å²) in [5.74, 6) is 1.22. The van der Waals surface area contributed by atoms with Crippen molar-refractivity contribution < 1.29 is 28.7 Å². The first-order valence-corrected chi connectivity index (χ1v) is 13.6. The molecular formula is C30H39N5O6. The quantitative estimate of drug-likeness (QED) is 0.350. The van der Waals surface area contributed by atoms with Crippen molar-refractivity contribution in [2.45, 2.75) is 46.4 Å². The third-order valence-electron chi connectivity index (χ3n) is 7.31. The maximum Gasteiger partial charge on any atom is 0.323 e. The predicted molar refractivity (Wildman–Crippen MR) is 156 cm³/mol. The van der Waals surface area contributed by atoms with E-state index >= 15 is 0 Å². The van der Waals surface area contributed by atoms with Crippen molar-refractivity contribution in [1.82, 2.24) is 15.0 Å². The number of rotatable bonds is 9. The molecule has 11 nitrogen and oxygen atoms in total. The lowest BCUT2D eigenvalue weighted by molar-refractivity contribution is 0.0343. The van der Waals surface area contributed by atoms with Crippen LogP contribution in [0, 0.1) is 19.8 Å². The van der Waals surface area contributed by atoms with Gasteiger partial charge in [-0.1, -0.05) is 30.3 Å². The summed E-state index contributed by atoms with van der Waals surface area (Å²) in [6.07, 6.45) is -0.327. The Morgan fingerprint density at radius 3 is 2.59 bits per heavy atom. The fraction of sp³-hybridized carbons (Fsp3) is 0.433. The number of anilines is 2. The Hall–Kier alpha value is -4.09. The minimum atomic E-state index is -0.521. The van der Waals surface area contributed by atoms with Crippen LogP contribution in [0.2, 0.25) is 0 Å². The Morgan fingerprint density at radius 1 is 1.22 bits per heavy atom. The molecule has 3 amide bonds. The van der Waals surface area contributed by atoms with Crippen LogP contribution in [-0.4, -0.2) is 78.0 Å². The van der Waals surface area contributed by atoms with Crippen LogP contribution in [0.25, 0.3) is 0 Å². The number of aromatic nitrogens is 1. The van der Waals surface area contributed by atoms with E-state index in [-0.39, 0.29) is 30.3 Å². The number of nitrogens with one attached hydrogen (secondary N) is 2. The molecule has 0 saturated carbocycles. The Balaban J connectivity index is 1.62. The highest BCUT2D eigenvalue weighted by atomic mass is 16.5. The molecule has 0 bridgehead atoms. The normalized spacial score (nSPS) is 17.8. The van der Waals surface area contributed by atoms with E-state index in [4.69, 9.17) is 14.0 Å². The van der Waals surface area contributed by atoms with E-state index in [1.165, 1.54) is 0 Å². The molecule has 3 aromatic rings. The van der Waals surface area contributed by atoms with Gasteiger partial charge in [0.1, 0.15) is 23.2 Å². The molecule has 2 aromatic carbocycles. The zero-order valence-electron chi connectivity index (χ0n) is 24.4. The number of nitrogens with zero attached hydrogens (tertiary/aromatic N) is 3. The van der Waals surface area contributed by atoms with E-state index < -0.39 is 12.1 Å². The van der Waals surface area contributed by atoms with E-state index in [1.807, 2.05) is 45.2 Å². The van der Waals surface area contributed by atoms with Crippen LogP contribution in [-0.2, 0) is 6.54 Å². The number of hydrogen-bond acceptors (Lipinski definition) is 8. The van der Waals surface area contributed by atoms with Gasteiger partial charge >= 0.3 is 6.03 Å². The van der Waals surface area contributed by atoms with E-state index in [2.05, 4.69) is 20.7 Å². The summed E-state index contributed by atoms with van der Waals surface area (Å²) in [7, 11) is 3.65. The number of carbonyl (C=O) groups is 2. The molecule has 0 saturated heterocycles. The Bertz CT molecular complexity index is 1340. The average Bonchev–Trinajstić information content (AvgIpc) is 3.27. The van der Waals surface area contributed by atoms with Crippen LogP contribution in [0.5, 0.6) is 11.5 Å². The van der Waals surface area contributed by atoms with Crippen LogP contribution < -0.4 is 20.1 Å². The minimum absolute atomic E-state index is 0.0800. The topological polar surface area (TPSA) is 129 Å². The van der Waals surface area contributed by atoms with Gasteiger partial charge < -0.3 is 34.6 Å². The molecule has 0 radical (unpaired) electrons. The fourth-order valence-corrected chi connectivity index (χ4v) is 4.90. The highest BCUT2D eigenvalue weighted by Crippen LogP contribution is 2.35. The summed E-state index contributed by atoms with van der Waals surface area (Å²) in [5.41, 5.74) is 2.82. The number of urea groups is 1. The average molecular weight is 566 g/mol. The molecule has 0 fully saturated rings. The highest BCUT2D eigenvalue weighted by Gasteiger charge is 2.34. The molecule has 0 spiro atoms. The van der Waals surface area contributed by atoms with Gasteiger partial charge in [0, 0.05) is 25.6 Å². The van der Waals surface area contributed by atoms with Crippen LogP contribution in [0.4, 0.5) is 16.2 Å². The number of para-hydroxylation sites is 1. The fourth-order valence-electron chi connectivity index (χ4n) is 4.90. The van der Waals surface area contributed by atoms with Gasteiger partial charge in [-0.25, -0.2) is 4.79 Å². The van der Waals surface area contributed by atoms with E-state index in [0.717, 1.165) is 11.3 Å². The van der Waals surface area contributed by atoms with E-state index in [9.17, 15) is 14.7 Å². The van der Waals surface area contributed by atoms with Crippen molar-refractivity contribution in [3.63, 3.8) is 0 Å². The number of methoxy groups -OCH3 is 1. The molecule has 0 unspecified atom stereocenters. The number of benzene rings is 2. The molecular weight excluding hydrogens is 526 g/mol. The summed E-state index contributed by atoms with van der Waals surface area (Å²) in [6, 6.07) is 12.1. The van der Waals surface area contributed by atoms with Crippen LogP contribution in [0.1, 0.15) is 41.2 Å². The van der Waals surface area contributed by atoms with Crippen molar-refractivity contribution in [1.29, 1.82) is 0 Å². The molecule has 1 aromatic heterocycles. The van der Waals surface area contributed by atoms with Crippen LogP contribution in [0.15, 0.2) is 47.0 Å². The molecule has 3 atom stereocenters. The van der Waals surface area contributed by atoms with Crippen molar-refractivity contribution in [3.8, 4) is 11.5 Å². The second kappa shape index (κ2) is 13.0. The van der Waals surface area contributed by atoms with Crippen LogP contribution >= 0.6 is 0 Å². The van der Waals surface area contributed by atoms with Crippen LogP contribution in [0.3, 0.4) is 0 Å². The van der Waals surface area contributed by atoms with Gasteiger partial charge in [-0.15, -0.1) is 0 Å². The third kappa shape index (κ3) is 6.98. The van der Waals surface area contributed by atoms with Crippen molar-refractivity contribution in [2.75, 3.05) is 44.5 Å². The summed E-state index contributed by atoms with van der Waals surface area (Å²) in [6.45, 7) is 8.76. The number of fused-ring (bicyclic) bond motifs is 1. The first-order chi connectivity index (χ1) is 19.6. The number of amides is 3. The lowest BCUT2D eigenvalue weighted by Crippen LogP contribution is -2.49. The second-order valence-corrected chi connectivity index (χ2v) is 10.6. The standard InChI is InChI=1S/C30H39N5O6/c1-18-14-35(19(2)17-36)29(37)24-8-7-9-25(31-30(38)32-27-20(3)33-41-21(27)4)28(24)40-26(18)16-34(5)15-22-10-12-23(39-6)13-11-22/h7-13,18-19,26,36H,14-17H2,1-6H3,(H2,31,32,38)/t18-,19+,26+/m1/s1. The van der Waals surface area contributed by atoms with E-state index in [0.29, 0.717) is 48.0 Å². The highest BCUT2D eigenvalue weighted by molar-refractivity contribution is 6.04. The third-order valence-corrected chi connectivity index (χ3v) is 7.31. The first kappa shape index (κ1) is 29.9. The Morgan fingerprint density at radius 2 is 1.95 bits per heavy atom. The summed E-state index contributed by atoms with van der Waals surface area (Å²) < 4.78 is 17.0. The second-order valence-electron chi connectivity index (χ2n) is 10.6. The maximum atomic E-state index is 13.7. The Labute approximate surface area is 240 Å². The molecule has 0 aliphatic carbocycles. The summed E-state index contributed by atoms with van der Waals surface area (Å²) >= 11 is 0. The van der Waals surface area contributed by atoms with Crippen molar-refractivity contribution in [2.24, 2.45) is 5.92 Å². The molecule has 2 heterocycles. The SMILES string of the molecule is COc1ccc(CN(C)C[C@@H]2Oc3c(NC(=O)Nc4c(C)noc4C)cccc3C(=O)N([C@@H](C)CO)C[C@H]2C)cc1. The van der Waals surface area contributed by atoms with Gasteiger partial charge in [0.25, 0.3) is 5.91 Å². The molecule has 41 heavy (non-hydrogen) atoms. The van der Waals surface area contributed by atoms with Gasteiger partial charge in [-0.2, -0.15) is 0 Å². The van der Waals surface area contributed by atoms with Crippen molar-refractivity contribution in [3.05, 3.63) is 65.0 Å². The van der Waals surface area contributed by atoms with E-state index in [1.54, 1.807) is 44.1 Å².